The van der Waals surface area contributed by atoms with Crippen LogP contribution in [-0.2, 0) is 5.41 Å². The second-order valence-electron chi connectivity index (χ2n) is 9.33. The van der Waals surface area contributed by atoms with Gasteiger partial charge in [-0.1, -0.05) is 48.0 Å². The number of allylic oxidation sites excluding steroid dienone is 1. The molecule has 0 saturated heterocycles. The van der Waals surface area contributed by atoms with Crippen LogP contribution in [0, 0.1) is 25.2 Å². The van der Waals surface area contributed by atoms with Crippen molar-refractivity contribution in [2.75, 3.05) is 0 Å². The molecule has 0 aliphatic carbocycles. The van der Waals surface area contributed by atoms with Crippen LogP contribution in [-0.4, -0.2) is 19.3 Å². The zero-order chi connectivity index (χ0) is 25.5. The number of benzene rings is 3. The predicted octanol–water partition coefficient (Wildman–Crippen LogP) is 3.92. The molecule has 178 valence electrons. The highest BCUT2D eigenvalue weighted by molar-refractivity contribution is 5.82. The monoisotopic (exact) mass is 484 g/mol. The fourth-order valence-corrected chi connectivity index (χ4v) is 5.75. The van der Waals surface area contributed by atoms with E-state index in [1.165, 1.54) is 0 Å². The first-order chi connectivity index (χ1) is 18.0. The van der Waals surface area contributed by atoms with E-state index in [0.717, 1.165) is 16.8 Å². The molecule has 1 unspecified atom stereocenters. The molecule has 1 atom stereocenters. The van der Waals surface area contributed by atoms with Crippen LogP contribution >= 0.6 is 0 Å². The maximum atomic E-state index is 13.9. The minimum absolute atomic E-state index is 0.0459. The molecule has 1 spiro atoms. The minimum atomic E-state index is -1.28. The first kappa shape index (κ1) is 21.1. The van der Waals surface area contributed by atoms with Crippen molar-refractivity contribution in [3.05, 3.63) is 123 Å². The van der Waals surface area contributed by atoms with Gasteiger partial charge in [0.05, 0.1) is 33.5 Å². The van der Waals surface area contributed by atoms with Crippen LogP contribution in [0.4, 0.5) is 0 Å². The molecule has 7 rings (SSSR count). The summed E-state index contributed by atoms with van der Waals surface area (Å²) in [7, 11) is 0. The molecule has 4 heterocycles. The summed E-state index contributed by atoms with van der Waals surface area (Å²) >= 11 is 0. The van der Waals surface area contributed by atoms with Crippen molar-refractivity contribution in [3.63, 3.8) is 0 Å². The number of nitriles is 1. The second kappa shape index (κ2) is 7.18. The highest BCUT2D eigenvalue weighted by Gasteiger charge is 2.57. The number of nitrogens with two attached hydrogens (primary N) is 1. The van der Waals surface area contributed by atoms with Crippen molar-refractivity contribution in [2.45, 2.75) is 19.3 Å². The Morgan fingerprint density at radius 1 is 1.03 bits per heavy atom. The van der Waals surface area contributed by atoms with E-state index < -0.39 is 5.41 Å². The Morgan fingerprint density at radius 2 is 1.78 bits per heavy atom. The number of fused-ring (bicyclic) bond motifs is 8. The molecule has 0 bridgehead atoms. The lowest BCUT2D eigenvalue weighted by Gasteiger charge is -2.34. The topological polar surface area (TPSA) is 112 Å². The van der Waals surface area contributed by atoms with Gasteiger partial charge in [-0.15, -0.1) is 0 Å². The summed E-state index contributed by atoms with van der Waals surface area (Å²) in [6.07, 6.45) is 0. The number of aryl methyl sites for hydroxylation is 2. The summed E-state index contributed by atoms with van der Waals surface area (Å²) in [4.78, 5) is 19.0. The van der Waals surface area contributed by atoms with Crippen LogP contribution in [0.3, 0.4) is 0 Å². The highest BCUT2D eigenvalue weighted by Crippen LogP contribution is 2.57. The number of para-hydroxylation sites is 2. The number of aromatic nitrogens is 4. The summed E-state index contributed by atoms with van der Waals surface area (Å²) in [5, 5.41) is 15.8. The van der Waals surface area contributed by atoms with Crippen molar-refractivity contribution >= 4 is 10.9 Å². The molecule has 5 aromatic rings. The van der Waals surface area contributed by atoms with Gasteiger partial charge in [0.1, 0.15) is 22.9 Å². The van der Waals surface area contributed by atoms with E-state index in [-0.39, 0.29) is 17.0 Å². The van der Waals surface area contributed by atoms with Crippen LogP contribution in [0.5, 0.6) is 5.88 Å². The quantitative estimate of drug-likeness (QED) is 0.386. The number of hydrogen-bond donors (Lipinski definition) is 1. The molecule has 2 N–H and O–H groups in total. The fraction of sp³-hybridized carbons (Fsp3) is 0.103. The highest BCUT2D eigenvalue weighted by atomic mass is 16.5. The third-order valence-corrected chi connectivity index (χ3v) is 7.24. The lowest BCUT2D eigenvalue weighted by Crippen LogP contribution is -2.39. The molecule has 0 radical (unpaired) electrons. The standard InChI is InChI=1S/C29H20N6O2/c1-16-12-13-23-20(14-16)29(28-32-22-11-7-6-10-19(22)26(36)34(23)28)21(15-30)25(31)37-27-24(29)17(2)33-35(27)18-8-4-3-5-9-18/h3-14H,31H2,1-2H3. The Kier molecular flexibility index (Phi) is 4.10. The Balaban J connectivity index is 1.72. The molecule has 0 amide bonds. The van der Waals surface area contributed by atoms with E-state index >= 15 is 0 Å². The van der Waals surface area contributed by atoms with Crippen LogP contribution in [0.25, 0.3) is 22.3 Å². The van der Waals surface area contributed by atoms with Gasteiger partial charge in [0, 0.05) is 5.56 Å². The van der Waals surface area contributed by atoms with Crippen LogP contribution < -0.4 is 16.0 Å². The van der Waals surface area contributed by atoms with Crippen LogP contribution in [0.2, 0.25) is 0 Å². The Bertz CT molecular complexity index is 1930. The first-order valence-electron chi connectivity index (χ1n) is 11.8. The molecular formula is C29H20N6O2. The van der Waals surface area contributed by atoms with Gasteiger partial charge in [-0.05, 0) is 44.2 Å². The summed E-state index contributed by atoms with van der Waals surface area (Å²) in [6.45, 7) is 3.85. The number of ether oxygens (including phenoxy) is 1. The van der Waals surface area contributed by atoms with Gasteiger partial charge < -0.3 is 10.5 Å². The number of nitrogens with zero attached hydrogens (tertiary/aromatic N) is 5. The third kappa shape index (κ3) is 2.52. The van der Waals surface area contributed by atoms with Crippen LogP contribution in [0.15, 0.2) is 89.0 Å². The average molecular weight is 485 g/mol. The SMILES string of the molecule is Cc1ccc2c(c1)C1(C(C#N)=C(N)Oc3c1c(C)nn3-c1ccccc1)c1nc3ccccc3c(=O)n1-2. The molecule has 0 saturated carbocycles. The molecule has 8 heteroatoms. The molecule has 37 heavy (non-hydrogen) atoms. The van der Waals surface area contributed by atoms with Gasteiger partial charge in [-0.2, -0.15) is 10.4 Å². The third-order valence-electron chi connectivity index (χ3n) is 7.24. The summed E-state index contributed by atoms with van der Waals surface area (Å²) in [6, 6.07) is 25.0. The summed E-state index contributed by atoms with van der Waals surface area (Å²) < 4.78 is 9.42. The summed E-state index contributed by atoms with van der Waals surface area (Å²) in [5.41, 5.74) is 10.2. The second-order valence-corrected chi connectivity index (χ2v) is 9.33. The van der Waals surface area contributed by atoms with E-state index in [4.69, 9.17) is 20.6 Å². The molecule has 2 aromatic heterocycles. The van der Waals surface area contributed by atoms with Gasteiger partial charge in [0.15, 0.2) is 0 Å². The van der Waals surface area contributed by atoms with Gasteiger partial charge in [0.25, 0.3) is 5.56 Å². The van der Waals surface area contributed by atoms with Gasteiger partial charge in [-0.25, -0.2) is 9.67 Å². The molecule has 8 nitrogen and oxygen atoms in total. The van der Waals surface area contributed by atoms with E-state index in [2.05, 4.69) is 6.07 Å². The normalized spacial score (nSPS) is 17.3. The van der Waals surface area contributed by atoms with Gasteiger partial charge in [0.2, 0.25) is 11.8 Å². The fourth-order valence-electron chi connectivity index (χ4n) is 5.75. The van der Waals surface area contributed by atoms with E-state index in [0.29, 0.717) is 39.6 Å². The van der Waals surface area contributed by atoms with Crippen molar-refractivity contribution < 1.29 is 4.74 Å². The largest absolute Gasteiger partial charge is 0.422 e. The van der Waals surface area contributed by atoms with Crippen molar-refractivity contribution in [1.82, 2.24) is 19.3 Å². The molecule has 2 aliphatic rings. The zero-order valence-corrected chi connectivity index (χ0v) is 20.1. The lowest BCUT2D eigenvalue weighted by atomic mass is 9.68. The first-order valence-corrected chi connectivity index (χ1v) is 11.8. The maximum absolute atomic E-state index is 13.9. The molecule has 3 aromatic carbocycles. The Hall–Kier alpha value is -5.16. The van der Waals surface area contributed by atoms with Crippen LogP contribution in [0.1, 0.15) is 28.2 Å². The zero-order valence-electron chi connectivity index (χ0n) is 20.1. The Labute approximate surface area is 211 Å². The van der Waals surface area contributed by atoms with Crippen molar-refractivity contribution in [1.29, 1.82) is 5.26 Å². The molecule has 2 aliphatic heterocycles. The maximum Gasteiger partial charge on any atom is 0.266 e. The van der Waals surface area contributed by atoms with Crippen molar-refractivity contribution in [2.24, 2.45) is 5.73 Å². The van der Waals surface area contributed by atoms with E-state index in [1.807, 2.05) is 74.5 Å². The van der Waals surface area contributed by atoms with E-state index in [9.17, 15) is 10.1 Å². The lowest BCUT2D eigenvalue weighted by molar-refractivity contribution is 0.354. The minimum Gasteiger partial charge on any atom is -0.422 e. The smallest absolute Gasteiger partial charge is 0.266 e. The van der Waals surface area contributed by atoms with Gasteiger partial charge >= 0.3 is 0 Å². The predicted molar refractivity (Wildman–Crippen MR) is 138 cm³/mol. The Morgan fingerprint density at radius 3 is 2.57 bits per heavy atom. The number of rotatable bonds is 1. The molecule has 0 fully saturated rings. The van der Waals surface area contributed by atoms with Gasteiger partial charge in [-0.3, -0.25) is 9.36 Å². The average Bonchev–Trinajstić information content (AvgIpc) is 3.37. The molecular weight excluding hydrogens is 464 g/mol. The van der Waals surface area contributed by atoms with E-state index in [1.54, 1.807) is 21.4 Å². The van der Waals surface area contributed by atoms with Crippen molar-refractivity contribution in [3.8, 4) is 23.3 Å². The number of hydrogen-bond acceptors (Lipinski definition) is 6. The summed E-state index contributed by atoms with van der Waals surface area (Å²) in [5.74, 6) is 0.746.